The molecule has 2 aromatic rings. The van der Waals surface area contributed by atoms with Crippen LogP contribution in [0.4, 0.5) is 9.39 Å². The lowest BCUT2D eigenvalue weighted by Gasteiger charge is -2.06. The Kier molecular flexibility index (Phi) is 3.63. The second-order valence-corrected chi connectivity index (χ2v) is 5.97. The first-order valence-corrected chi connectivity index (χ1v) is 7.58. The molecule has 1 aromatic heterocycles. The lowest BCUT2D eigenvalue weighted by molar-refractivity contribution is 0.0950. The molecule has 0 aliphatic heterocycles. The van der Waals surface area contributed by atoms with Crippen LogP contribution < -0.4 is 10.6 Å². The van der Waals surface area contributed by atoms with Gasteiger partial charge in [-0.05, 0) is 42.6 Å². The van der Waals surface area contributed by atoms with Crippen LogP contribution >= 0.6 is 11.5 Å². The molecular formula is C15H16FN3OS. The molecule has 1 saturated carbocycles. The maximum Gasteiger partial charge on any atom is 0.256 e. The molecule has 4 nitrogen and oxygen atoms in total. The molecule has 0 bridgehead atoms. The average Bonchev–Trinajstić information content (AvgIpc) is 3.11. The van der Waals surface area contributed by atoms with Crippen molar-refractivity contribution >= 4 is 22.4 Å². The van der Waals surface area contributed by atoms with E-state index in [1.165, 1.54) is 23.7 Å². The Hall–Kier alpha value is -1.95. The monoisotopic (exact) mass is 305 g/mol. The highest BCUT2D eigenvalue weighted by Crippen LogP contribution is 2.41. The zero-order valence-corrected chi connectivity index (χ0v) is 12.6. The molecule has 1 amide bonds. The number of rotatable bonds is 4. The van der Waals surface area contributed by atoms with Gasteiger partial charge in [-0.3, -0.25) is 4.79 Å². The van der Waals surface area contributed by atoms with Gasteiger partial charge in [0.15, 0.2) is 0 Å². The first-order valence-electron chi connectivity index (χ1n) is 6.80. The predicted molar refractivity (Wildman–Crippen MR) is 81.4 cm³/mol. The van der Waals surface area contributed by atoms with Crippen LogP contribution in [0.5, 0.6) is 0 Å². The molecular weight excluding hydrogens is 289 g/mol. The Balaban J connectivity index is 1.69. The van der Waals surface area contributed by atoms with Gasteiger partial charge in [0.2, 0.25) is 0 Å². The summed E-state index contributed by atoms with van der Waals surface area (Å²) >= 11 is 1.28. The van der Waals surface area contributed by atoms with Gasteiger partial charge < -0.3 is 10.6 Å². The summed E-state index contributed by atoms with van der Waals surface area (Å²) < 4.78 is 17.4. The zero-order valence-electron chi connectivity index (χ0n) is 11.8. The maximum atomic E-state index is 13.2. The van der Waals surface area contributed by atoms with Crippen LogP contribution in [0, 0.1) is 12.7 Å². The Labute approximate surface area is 126 Å². The fourth-order valence-corrected chi connectivity index (χ4v) is 3.25. The highest BCUT2D eigenvalue weighted by molar-refractivity contribution is 7.10. The Bertz CT molecular complexity index is 685. The number of hydrogen-bond donors (Lipinski definition) is 2. The van der Waals surface area contributed by atoms with Gasteiger partial charge in [-0.25, -0.2) is 4.39 Å². The van der Waals surface area contributed by atoms with Gasteiger partial charge >= 0.3 is 0 Å². The molecule has 110 valence electrons. The van der Waals surface area contributed by atoms with Crippen molar-refractivity contribution in [1.29, 1.82) is 0 Å². The number of anilines is 1. The summed E-state index contributed by atoms with van der Waals surface area (Å²) in [6, 6.07) is 6.64. The summed E-state index contributed by atoms with van der Waals surface area (Å²) in [5.41, 5.74) is 2.27. The van der Waals surface area contributed by atoms with Crippen molar-refractivity contribution in [2.75, 3.05) is 12.4 Å². The molecule has 1 aliphatic rings. The fourth-order valence-electron chi connectivity index (χ4n) is 2.51. The number of carbonyl (C=O) groups excluding carboxylic acids is 1. The third-order valence-electron chi connectivity index (χ3n) is 3.70. The minimum atomic E-state index is -0.236. The topological polar surface area (TPSA) is 54.0 Å². The van der Waals surface area contributed by atoms with E-state index in [1.807, 2.05) is 13.0 Å². The largest absolute Gasteiger partial charge is 0.378 e. The summed E-state index contributed by atoms with van der Waals surface area (Å²) in [5.74, 6) is -0.149. The zero-order chi connectivity index (χ0) is 15.0. The number of carbonyl (C=O) groups is 1. The van der Waals surface area contributed by atoms with Gasteiger partial charge in [0.25, 0.3) is 5.91 Å². The van der Waals surface area contributed by atoms with Gasteiger partial charge in [-0.2, -0.15) is 4.37 Å². The van der Waals surface area contributed by atoms with Crippen LogP contribution in [0.3, 0.4) is 0 Å². The Morgan fingerprint density at radius 2 is 2.29 bits per heavy atom. The lowest BCUT2D eigenvalue weighted by Crippen LogP contribution is -2.27. The van der Waals surface area contributed by atoms with Gasteiger partial charge in [-0.1, -0.05) is 12.1 Å². The number of aromatic nitrogens is 1. The van der Waals surface area contributed by atoms with E-state index in [-0.39, 0.29) is 23.7 Å². The Morgan fingerprint density at radius 1 is 1.48 bits per heavy atom. The summed E-state index contributed by atoms with van der Waals surface area (Å²) in [7, 11) is 1.77. The molecule has 2 N–H and O–H groups in total. The van der Waals surface area contributed by atoms with Gasteiger partial charge in [0, 0.05) is 19.0 Å². The van der Waals surface area contributed by atoms with E-state index in [9.17, 15) is 9.18 Å². The molecule has 1 aromatic carbocycles. The molecule has 0 spiro atoms. The summed E-state index contributed by atoms with van der Waals surface area (Å²) in [6.07, 6.45) is 0.848. The second kappa shape index (κ2) is 5.44. The molecule has 1 aliphatic carbocycles. The van der Waals surface area contributed by atoms with Crippen molar-refractivity contribution in [2.24, 2.45) is 0 Å². The molecule has 1 heterocycles. The van der Waals surface area contributed by atoms with Gasteiger partial charge in [0.1, 0.15) is 10.8 Å². The second-order valence-electron chi connectivity index (χ2n) is 5.20. The smallest absolute Gasteiger partial charge is 0.256 e. The van der Waals surface area contributed by atoms with E-state index >= 15 is 0 Å². The number of halogens is 1. The molecule has 3 rings (SSSR count). The fraction of sp³-hybridized carbons (Fsp3) is 0.333. The highest BCUT2D eigenvalue weighted by atomic mass is 32.1. The minimum absolute atomic E-state index is 0.0725. The molecule has 21 heavy (non-hydrogen) atoms. The number of amides is 1. The van der Waals surface area contributed by atoms with Crippen LogP contribution in [0.15, 0.2) is 24.3 Å². The molecule has 6 heteroatoms. The predicted octanol–water partition coefficient (Wildman–Crippen LogP) is 2.92. The summed E-state index contributed by atoms with van der Waals surface area (Å²) in [6.45, 7) is 1.82. The van der Waals surface area contributed by atoms with E-state index in [0.717, 1.165) is 22.7 Å². The first kappa shape index (κ1) is 14.0. The first-order chi connectivity index (χ1) is 10.1. The van der Waals surface area contributed by atoms with E-state index in [2.05, 4.69) is 15.0 Å². The molecule has 0 radical (unpaired) electrons. The highest BCUT2D eigenvalue weighted by Gasteiger charge is 2.40. The number of aryl methyl sites for hydroxylation is 1. The van der Waals surface area contributed by atoms with Crippen LogP contribution in [0.25, 0.3) is 0 Å². The third-order valence-corrected chi connectivity index (χ3v) is 4.66. The summed E-state index contributed by atoms with van der Waals surface area (Å²) in [4.78, 5) is 12.3. The molecule has 2 atom stereocenters. The van der Waals surface area contributed by atoms with E-state index in [0.29, 0.717) is 5.56 Å². The van der Waals surface area contributed by atoms with E-state index < -0.39 is 0 Å². The lowest BCUT2D eigenvalue weighted by atomic mass is 10.1. The SMILES string of the molecule is CNc1snc(C)c1C(=O)N[C@@H]1C[C@H]1c1cccc(F)c1. The van der Waals surface area contributed by atoms with Crippen molar-refractivity contribution in [3.8, 4) is 0 Å². The van der Waals surface area contributed by atoms with Crippen molar-refractivity contribution in [3.05, 3.63) is 46.9 Å². The average molecular weight is 305 g/mol. The van der Waals surface area contributed by atoms with Crippen LogP contribution in [0.2, 0.25) is 0 Å². The van der Waals surface area contributed by atoms with Crippen molar-refractivity contribution in [3.63, 3.8) is 0 Å². The van der Waals surface area contributed by atoms with Crippen molar-refractivity contribution < 1.29 is 9.18 Å². The Morgan fingerprint density at radius 3 is 3.00 bits per heavy atom. The summed E-state index contributed by atoms with van der Waals surface area (Å²) in [5, 5.41) is 6.76. The molecule has 0 saturated heterocycles. The van der Waals surface area contributed by atoms with E-state index in [1.54, 1.807) is 13.1 Å². The minimum Gasteiger partial charge on any atom is -0.378 e. The third kappa shape index (κ3) is 2.76. The standard InChI is InChI=1S/C15H16FN3OS/c1-8-13(15(17-2)21-19-8)14(20)18-12-7-11(12)9-4-3-5-10(16)6-9/h3-6,11-12,17H,7H2,1-2H3,(H,18,20)/t11-,12+/m0/s1. The molecule has 0 unspecified atom stereocenters. The molecule has 1 fully saturated rings. The van der Waals surface area contributed by atoms with Crippen LogP contribution in [0.1, 0.15) is 34.0 Å². The van der Waals surface area contributed by atoms with Gasteiger partial charge in [-0.15, -0.1) is 0 Å². The number of benzene rings is 1. The van der Waals surface area contributed by atoms with Crippen molar-refractivity contribution in [1.82, 2.24) is 9.69 Å². The van der Waals surface area contributed by atoms with E-state index in [4.69, 9.17) is 0 Å². The maximum absolute atomic E-state index is 13.2. The normalized spacial score (nSPS) is 20.1. The van der Waals surface area contributed by atoms with Crippen LogP contribution in [-0.4, -0.2) is 23.4 Å². The number of nitrogens with one attached hydrogen (secondary N) is 2. The quantitative estimate of drug-likeness (QED) is 0.913. The van der Waals surface area contributed by atoms with Crippen LogP contribution in [-0.2, 0) is 0 Å². The number of hydrogen-bond acceptors (Lipinski definition) is 4. The van der Waals surface area contributed by atoms with Crippen molar-refractivity contribution in [2.45, 2.75) is 25.3 Å². The van der Waals surface area contributed by atoms with Gasteiger partial charge in [0.05, 0.1) is 11.3 Å². The number of nitrogens with zero attached hydrogens (tertiary/aromatic N) is 1.